The van der Waals surface area contributed by atoms with Crippen LogP contribution in [0.5, 0.6) is 0 Å². The number of carbonyl (C=O) groups excluding carboxylic acids is 1. The van der Waals surface area contributed by atoms with Crippen LogP contribution < -0.4 is 5.73 Å². The molecule has 21 heavy (non-hydrogen) atoms. The van der Waals surface area contributed by atoms with E-state index in [9.17, 15) is 9.59 Å². The molecule has 0 aliphatic rings. The van der Waals surface area contributed by atoms with Crippen molar-refractivity contribution in [1.82, 2.24) is 4.98 Å². The Morgan fingerprint density at radius 2 is 2.10 bits per heavy atom. The van der Waals surface area contributed by atoms with E-state index < -0.39 is 29.9 Å². The average Bonchev–Trinajstić information content (AvgIpc) is 2.61. The fourth-order valence-corrected chi connectivity index (χ4v) is 2.50. The van der Waals surface area contributed by atoms with Crippen LogP contribution in [0.4, 0.5) is 5.13 Å². The minimum absolute atomic E-state index is 0.0363. The molecule has 0 bridgehead atoms. The van der Waals surface area contributed by atoms with Gasteiger partial charge in [0.1, 0.15) is 15.1 Å². The Morgan fingerprint density at radius 3 is 2.52 bits per heavy atom. The van der Waals surface area contributed by atoms with Gasteiger partial charge in [-0.3, -0.25) is 0 Å². The quantitative estimate of drug-likeness (QED) is 0.452. The Labute approximate surface area is 133 Å². The topological polar surface area (TPSA) is 124 Å². The van der Waals surface area contributed by atoms with Gasteiger partial charge in [-0.05, 0) is 36.7 Å². The summed E-state index contributed by atoms with van der Waals surface area (Å²) in [6.07, 6.45) is 0. The summed E-state index contributed by atoms with van der Waals surface area (Å²) in [6.45, 7) is 4.59. The number of carbonyl (C=O) groups is 2. The smallest absolute Gasteiger partial charge is 0.360 e. The van der Waals surface area contributed by atoms with Gasteiger partial charge in [0, 0.05) is 0 Å². The first-order valence-corrected chi connectivity index (χ1v) is 7.28. The maximum absolute atomic E-state index is 11.4. The van der Waals surface area contributed by atoms with Crippen LogP contribution in [0.3, 0.4) is 0 Å². The number of anilines is 1. The second-order valence-electron chi connectivity index (χ2n) is 4.78. The summed E-state index contributed by atoms with van der Waals surface area (Å²) in [5.41, 5.74) is 4.39. The number of nitrogens with two attached hydrogens (primary N) is 1. The van der Waals surface area contributed by atoms with Crippen molar-refractivity contribution in [3.63, 3.8) is 0 Å². The largest absolute Gasteiger partial charge is 0.476 e. The van der Waals surface area contributed by atoms with Gasteiger partial charge in [0.05, 0.1) is 0 Å². The molecule has 0 aromatic carbocycles. The standard InChI is InChI=1S/C11H14BrN3O5S/c1-11(2,3)20-5(16)4-19-15-7(9(17)18)6-8(12)21-10(13)14-6/h4H2,1-3H3,(H2,13,14)(H,17,18)/b15-7+. The highest BCUT2D eigenvalue weighted by atomic mass is 79.9. The lowest BCUT2D eigenvalue weighted by Gasteiger charge is -2.18. The highest BCUT2D eigenvalue weighted by Gasteiger charge is 2.22. The maximum Gasteiger partial charge on any atom is 0.360 e. The summed E-state index contributed by atoms with van der Waals surface area (Å²) in [7, 11) is 0. The summed E-state index contributed by atoms with van der Waals surface area (Å²) in [5, 5.41) is 12.7. The Balaban J connectivity index is 2.77. The van der Waals surface area contributed by atoms with Crippen LogP contribution in [0.25, 0.3) is 0 Å². The number of esters is 1. The highest BCUT2D eigenvalue weighted by molar-refractivity contribution is 9.11. The predicted molar refractivity (Wildman–Crippen MR) is 80.2 cm³/mol. The molecule has 0 fully saturated rings. The molecule has 1 aromatic heterocycles. The Morgan fingerprint density at radius 1 is 1.48 bits per heavy atom. The molecule has 0 aliphatic heterocycles. The van der Waals surface area contributed by atoms with E-state index in [1.165, 1.54) is 0 Å². The van der Waals surface area contributed by atoms with Gasteiger partial charge < -0.3 is 20.4 Å². The number of hydrogen-bond acceptors (Lipinski definition) is 8. The van der Waals surface area contributed by atoms with Crippen LogP contribution in [0.15, 0.2) is 8.94 Å². The summed E-state index contributed by atoms with van der Waals surface area (Å²) in [5.74, 6) is -2.02. The minimum Gasteiger partial charge on any atom is -0.476 e. The van der Waals surface area contributed by atoms with Crippen LogP contribution in [0.1, 0.15) is 26.5 Å². The Kier molecular flexibility index (Phi) is 5.67. The molecule has 8 nitrogen and oxygen atoms in total. The number of halogens is 1. The number of aliphatic carboxylic acids is 1. The van der Waals surface area contributed by atoms with E-state index >= 15 is 0 Å². The van der Waals surface area contributed by atoms with Gasteiger partial charge in [-0.25, -0.2) is 14.6 Å². The zero-order chi connectivity index (χ0) is 16.2. The van der Waals surface area contributed by atoms with Crippen LogP contribution in [0.2, 0.25) is 0 Å². The second-order valence-corrected chi connectivity index (χ2v) is 7.13. The molecule has 10 heteroatoms. The van der Waals surface area contributed by atoms with E-state index in [1.54, 1.807) is 20.8 Å². The molecule has 116 valence electrons. The van der Waals surface area contributed by atoms with Gasteiger partial charge in [0.15, 0.2) is 5.13 Å². The van der Waals surface area contributed by atoms with Gasteiger partial charge in [0.2, 0.25) is 12.3 Å². The molecule has 0 spiro atoms. The van der Waals surface area contributed by atoms with Crippen LogP contribution in [-0.4, -0.2) is 39.9 Å². The number of aromatic nitrogens is 1. The molecular formula is C11H14BrN3O5S. The lowest BCUT2D eigenvalue weighted by atomic mass is 10.2. The molecule has 0 saturated carbocycles. The van der Waals surface area contributed by atoms with Gasteiger partial charge in [-0.1, -0.05) is 16.5 Å². The Hall–Kier alpha value is -1.68. The van der Waals surface area contributed by atoms with E-state index in [1.807, 2.05) is 0 Å². The van der Waals surface area contributed by atoms with Crippen molar-refractivity contribution in [2.24, 2.45) is 5.16 Å². The van der Waals surface area contributed by atoms with Crippen LogP contribution >= 0.6 is 27.3 Å². The van der Waals surface area contributed by atoms with Crippen molar-refractivity contribution in [1.29, 1.82) is 0 Å². The SMILES string of the molecule is CC(C)(C)OC(=O)CO/N=C(/C(=O)O)c1nc(N)sc1Br. The van der Waals surface area contributed by atoms with Crippen molar-refractivity contribution in [2.45, 2.75) is 26.4 Å². The molecule has 1 rings (SSSR count). The third-order valence-electron chi connectivity index (χ3n) is 1.79. The minimum atomic E-state index is -1.36. The molecule has 1 aromatic rings. The van der Waals surface area contributed by atoms with E-state index in [-0.39, 0.29) is 10.8 Å². The summed E-state index contributed by atoms with van der Waals surface area (Å²) >= 11 is 4.19. The van der Waals surface area contributed by atoms with E-state index in [4.69, 9.17) is 20.4 Å². The van der Waals surface area contributed by atoms with Crippen molar-refractivity contribution < 1.29 is 24.3 Å². The van der Waals surface area contributed by atoms with Gasteiger partial charge >= 0.3 is 11.9 Å². The number of rotatable bonds is 5. The predicted octanol–water partition coefficient (Wildman–Crippen LogP) is 1.63. The zero-order valence-corrected chi connectivity index (χ0v) is 13.9. The number of hydrogen-bond donors (Lipinski definition) is 2. The molecular weight excluding hydrogens is 366 g/mol. The van der Waals surface area contributed by atoms with Crippen molar-refractivity contribution in [3.05, 3.63) is 9.48 Å². The molecule has 0 aliphatic carbocycles. The number of carboxylic acids is 1. The molecule has 1 heterocycles. The fourth-order valence-electron chi connectivity index (χ4n) is 1.17. The van der Waals surface area contributed by atoms with Crippen molar-refractivity contribution in [3.8, 4) is 0 Å². The summed E-state index contributed by atoms with van der Waals surface area (Å²) < 4.78 is 5.39. The lowest BCUT2D eigenvalue weighted by Crippen LogP contribution is -2.26. The number of thiazole rings is 1. The van der Waals surface area contributed by atoms with Gasteiger partial charge in [-0.2, -0.15) is 0 Å². The van der Waals surface area contributed by atoms with Crippen molar-refractivity contribution in [2.75, 3.05) is 12.3 Å². The van der Waals surface area contributed by atoms with Gasteiger partial charge in [0.25, 0.3) is 0 Å². The highest BCUT2D eigenvalue weighted by Crippen LogP contribution is 2.27. The molecule has 0 atom stereocenters. The Bertz CT molecular complexity index is 579. The number of carboxylic acid groups (broad SMARTS) is 1. The molecule has 0 radical (unpaired) electrons. The number of oxime groups is 1. The number of ether oxygens (including phenoxy) is 1. The van der Waals surface area contributed by atoms with E-state index in [0.29, 0.717) is 3.79 Å². The first-order chi connectivity index (χ1) is 9.60. The first-order valence-electron chi connectivity index (χ1n) is 5.67. The molecule has 0 unspecified atom stereocenters. The lowest BCUT2D eigenvalue weighted by molar-refractivity contribution is -0.160. The average molecular weight is 380 g/mol. The van der Waals surface area contributed by atoms with E-state index in [0.717, 1.165) is 11.3 Å². The molecule has 3 N–H and O–H groups in total. The summed E-state index contributed by atoms with van der Waals surface area (Å²) in [6, 6.07) is 0. The van der Waals surface area contributed by atoms with Gasteiger partial charge in [-0.15, -0.1) is 0 Å². The molecule has 0 saturated heterocycles. The van der Waals surface area contributed by atoms with Crippen LogP contribution in [-0.2, 0) is 19.2 Å². The monoisotopic (exact) mass is 379 g/mol. The second kappa shape index (κ2) is 6.85. The third kappa shape index (κ3) is 5.68. The first kappa shape index (κ1) is 17.4. The summed E-state index contributed by atoms with van der Waals surface area (Å²) in [4.78, 5) is 31.1. The zero-order valence-electron chi connectivity index (χ0n) is 11.5. The molecule has 0 amide bonds. The fraction of sp³-hybridized carbons (Fsp3) is 0.455. The van der Waals surface area contributed by atoms with Crippen molar-refractivity contribution >= 4 is 50.0 Å². The normalized spacial score (nSPS) is 12.1. The van der Waals surface area contributed by atoms with Crippen LogP contribution in [0, 0.1) is 0 Å². The van der Waals surface area contributed by atoms with E-state index in [2.05, 4.69) is 26.1 Å². The third-order valence-corrected chi connectivity index (χ3v) is 3.32. The number of nitrogen functional groups attached to an aromatic ring is 1. The number of nitrogens with zero attached hydrogens (tertiary/aromatic N) is 2. The maximum atomic E-state index is 11.4.